The third kappa shape index (κ3) is 2.86. The molecule has 1 N–H and O–H groups in total. The number of rotatable bonds is 5. The molecule has 1 aromatic rings. The number of ether oxygens (including phenoxy) is 1. The summed E-state index contributed by atoms with van der Waals surface area (Å²) in [5.41, 5.74) is 5.01. The van der Waals surface area contributed by atoms with E-state index in [9.17, 15) is 0 Å². The minimum Gasteiger partial charge on any atom is -0.496 e. The van der Waals surface area contributed by atoms with Gasteiger partial charge in [-0.15, -0.1) is 0 Å². The molecule has 1 rings (SSSR count). The normalized spacial score (nSPS) is 12.6. The molecule has 1 atom stereocenters. The van der Waals surface area contributed by atoms with Gasteiger partial charge in [0.2, 0.25) is 0 Å². The van der Waals surface area contributed by atoms with Crippen molar-refractivity contribution in [3.8, 4) is 5.75 Å². The third-order valence-corrected chi connectivity index (χ3v) is 5.30. The Morgan fingerprint density at radius 1 is 1.22 bits per heavy atom. The molecule has 0 saturated carbocycles. The van der Waals surface area contributed by atoms with Gasteiger partial charge in [-0.05, 0) is 50.8 Å². The van der Waals surface area contributed by atoms with Crippen molar-refractivity contribution in [1.29, 1.82) is 0 Å². The van der Waals surface area contributed by atoms with Crippen LogP contribution in [0.2, 0.25) is 0 Å². The highest BCUT2D eigenvalue weighted by Crippen LogP contribution is 2.39. The molecule has 0 spiro atoms. The van der Waals surface area contributed by atoms with Crippen molar-refractivity contribution in [3.63, 3.8) is 0 Å². The first-order valence-corrected chi connectivity index (χ1v) is 8.17. The van der Waals surface area contributed by atoms with Crippen LogP contribution in [0, 0.1) is 20.8 Å². The number of nitrogens with one attached hydrogen (secondary N) is 1. The second-order valence-electron chi connectivity index (χ2n) is 4.43. The van der Waals surface area contributed by atoms with Crippen LogP contribution in [0.15, 0.2) is 4.47 Å². The maximum absolute atomic E-state index is 5.65. The Bertz CT molecular complexity index is 435. The third-order valence-electron chi connectivity index (χ3n) is 3.44. The number of hydrogen-bond acceptors (Lipinski definition) is 3. The van der Waals surface area contributed by atoms with Crippen molar-refractivity contribution in [1.82, 2.24) is 5.32 Å². The van der Waals surface area contributed by atoms with Gasteiger partial charge in [-0.3, -0.25) is 0 Å². The summed E-state index contributed by atoms with van der Waals surface area (Å²) in [5, 5.41) is 3.39. The van der Waals surface area contributed by atoms with E-state index in [1.807, 2.05) is 18.8 Å². The van der Waals surface area contributed by atoms with E-state index in [-0.39, 0.29) is 0 Å². The number of methoxy groups -OCH3 is 1. The van der Waals surface area contributed by atoms with Crippen LogP contribution in [0.3, 0.4) is 0 Å². The summed E-state index contributed by atoms with van der Waals surface area (Å²) >= 11 is 5.54. The largest absolute Gasteiger partial charge is 0.496 e. The van der Waals surface area contributed by atoms with E-state index in [4.69, 9.17) is 4.74 Å². The van der Waals surface area contributed by atoms with Gasteiger partial charge in [-0.25, -0.2) is 0 Å². The Morgan fingerprint density at radius 2 is 1.83 bits per heavy atom. The average molecular weight is 332 g/mol. The lowest BCUT2D eigenvalue weighted by atomic mass is 9.94. The van der Waals surface area contributed by atoms with Gasteiger partial charge in [-0.2, -0.15) is 11.8 Å². The molecule has 1 aromatic carbocycles. The Labute approximate surface area is 123 Å². The average Bonchev–Trinajstić information content (AvgIpc) is 2.38. The Morgan fingerprint density at radius 3 is 2.28 bits per heavy atom. The standard InChI is InChI=1S/C14H22BrNOS/c1-8-9(2)14(17-5)12(10(3)13(8)15)11(16-4)7-18-6/h11,16H,7H2,1-6H3. The number of benzene rings is 1. The van der Waals surface area contributed by atoms with Crippen molar-refractivity contribution in [2.45, 2.75) is 26.8 Å². The van der Waals surface area contributed by atoms with E-state index < -0.39 is 0 Å². The molecule has 0 bridgehead atoms. The molecule has 0 aromatic heterocycles. The Hall–Kier alpha value is -0.190. The molecule has 0 amide bonds. The summed E-state index contributed by atoms with van der Waals surface area (Å²) in [5.74, 6) is 2.05. The summed E-state index contributed by atoms with van der Waals surface area (Å²) in [6.07, 6.45) is 2.13. The zero-order valence-corrected chi connectivity index (χ0v) is 14.4. The second-order valence-corrected chi connectivity index (χ2v) is 6.14. The van der Waals surface area contributed by atoms with E-state index in [1.54, 1.807) is 7.11 Å². The number of hydrogen-bond donors (Lipinski definition) is 1. The summed E-state index contributed by atoms with van der Waals surface area (Å²) < 4.78 is 6.84. The lowest BCUT2D eigenvalue weighted by Gasteiger charge is -2.24. The van der Waals surface area contributed by atoms with Gasteiger partial charge >= 0.3 is 0 Å². The zero-order chi connectivity index (χ0) is 13.9. The fourth-order valence-electron chi connectivity index (χ4n) is 2.27. The predicted molar refractivity (Wildman–Crippen MR) is 85.1 cm³/mol. The first kappa shape index (κ1) is 15.9. The van der Waals surface area contributed by atoms with Crippen LogP contribution >= 0.6 is 27.7 Å². The van der Waals surface area contributed by atoms with Crippen LogP contribution in [-0.4, -0.2) is 26.2 Å². The summed E-state index contributed by atoms with van der Waals surface area (Å²) in [6, 6.07) is 0.311. The van der Waals surface area contributed by atoms with Crippen LogP contribution < -0.4 is 10.1 Å². The highest BCUT2D eigenvalue weighted by atomic mass is 79.9. The van der Waals surface area contributed by atoms with Crippen LogP contribution in [0.1, 0.15) is 28.3 Å². The molecule has 4 heteroatoms. The maximum Gasteiger partial charge on any atom is 0.127 e. The fraction of sp³-hybridized carbons (Fsp3) is 0.571. The minimum absolute atomic E-state index is 0.311. The van der Waals surface area contributed by atoms with Crippen molar-refractivity contribution >= 4 is 27.7 Å². The summed E-state index contributed by atoms with van der Waals surface area (Å²) in [4.78, 5) is 0. The maximum atomic E-state index is 5.65. The van der Waals surface area contributed by atoms with Gasteiger partial charge in [0.25, 0.3) is 0 Å². The van der Waals surface area contributed by atoms with Crippen LogP contribution in [0.4, 0.5) is 0 Å². The quantitative estimate of drug-likeness (QED) is 0.880. The first-order valence-electron chi connectivity index (χ1n) is 5.98. The molecule has 0 fully saturated rings. The number of thioether (sulfide) groups is 1. The molecule has 0 aliphatic rings. The summed E-state index contributed by atoms with van der Waals surface area (Å²) in [6.45, 7) is 6.40. The van der Waals surface area contributed by atoms with E-state index in [0.29, 0.717) is 6.04 Å². The summed E-state index contributed by atoms with van der Waals surface area (Å²) in [7, 11) is 3.76. The Balaban J connectivity index is 3.49. The molecular weight excluding hydrogens is 310 g/mol. The molecule has 1 unspecified atom stereocenters. The van der Waals surface area contributed by atoms with E-state index in [2.05, 4.69) is 48.3 Å². The van der Waals surface area contributed by atoms with Crippen molar-refractivity contribution in [2.24, 2.45) is 0 Å². The SMILES string of the molecule is CNC(CSC)c1c(C)c(Br)c(C)c(C)c1OC. The fourth-order valence-corrected chi connectivity index (χ4v) is 3.44. The predicted octanol–water partition coefficient (Wildman–Crippen LogP) is 4.01. The van der Waals surface area contributed by atoms with Crippen LogP contribution in [-0.2, 0) is 0 Å². The van der Waals surface area contributed by atoms with Crippen LogP contribution in [0.5, 0.6) is 5.75 Å². The van der Waals surface area contributed by atoms with Gasteiger partial charge in [0.05, 0.1) is 7.11 Å². The van der Waals surface area contributed by atoms with Gasteiger partial charge in [0.1, 0.15) is 5.75 Å². The highest BCUT2D eigenvalue weighted by molar-refractivity contribution is 9.10. The smallest absolute Gasteiger partial charge is 0.127 e. The van der Waals surface area contributed by atoms with E-state index in [1.165, 1.54) is 26.7 Å². The minimum atomic E-state index is 0.311. The van der Waals surface area contributed by atoms with Gasteiger partial charge in [0.15, 0.2) is 0 Å². The molecule has 0 saturated heterocycles. The van der Waals surface area contributed by atoms with Crippen LogP contribution in [0.25, 0.3) is 0 Å². The number of halogens is 1. The molecule has 0 heterocycles. The zero-order valence-electron chi connectivity index (χ0n) is 12.0. The van der Waals surface area contributed by atoms with E-state index in [0.717, 1.165) is 11.5 Å². The Kier molecular flexibility index (Phi) is 6.02. The van der Waals surface area contributed by atoms with E-state index >= 15 is 0 Å². The molecule has 0 radical (unpaired) electrons. The van der Waals surface area contributed by atoms with Gasteiger partial charge in [0, 0.05) is 21.8 Å². The molecular formula is C14H22BrNOS. The first-order chi connectivity index (χ1) is 8.49. The van der Waals surface area contributed by atoms with Crippen molar-refractivity contribution in [3.05, 3.63) is 26.7 Å². The van der Waals surface area contributed by atoms with Gasteiger partial charge in [-0.1, -0.05) is 15.9 Å². The molecule has 0 aliphatic heterocycles. The van der Waals surface area contributed by atoms with Crippen molar-refractivity contribution < 1.29 is 4.74 Å². The monoisotopic (exact) mass is 331 g/mol. The lowest BCUT2D eigenvalue weighted by Crippen LogP contribution is -2.21. The molecule has 0 aliphatic carbocycles. The topological polar surface area (TPSA) is 21.3 Å². The molecule has 102 valence electrons. The lowest BCUT2D eigenvalue weighted by molar-refractivity contribution is 0.400. The highest BCUT2D eigenvalue weighted by Gasteiger charge is 2.22. The molecule has 2 nitrogen and oxygen atoms in total. The molecule has 18 heavy (non-hydrogen) atoms. The van der Waals surface area contributed by atoms with Gasteiger partial charge < -0.3 is 10.1 Å². The van der Waals surface area contributed by atoms with Crippen molar-refractivity contribution in [2.75, 3.05) is 26.2 Å². The second kappa shape index (κ2) is 6.83.